The lowest BCUT2D eigenvalue weighted by Crippen LogP contribution is -2.42. The Morgan fingerprint density at radius 1 is 1.50 bits per heavy atom. The first-order valence-corrected chi connectivity index (χ1v) is 8.38. The van der Waals surface area contributed by atoms with Crippen LogP contribution in [0.4, 0.5) is 0 Å². The summed E-state index contributed by atoms with van der Waals surface area (Å²) in [6.07, 6.45) is 5.03. The number of hydrogen-bond donors (Lipinski definition) is 1. The number of furan rings is 1. The molecule has 22 heavy (non-hydrogen) atoms. The van der Waals surface area contributed by atoms with Gasteiger partial charge in [-0.3, -0.25) is 14.4 Å². The molecule has 1 amide bonds. The van der Waals surface area contributed by atoms with Crippen molar-refractivity contribution in [3.8, 4) is 0 Å². The summed E-state index contributed by atoms with van der Waals surface area (Å²) >= 11 is 1.96. The van der Waals surface area contributed by atoms with Crippen molar-refractivity contribution in [3.63, 3.8) is 0 Å². The molecule has 1 fully saturated rings. The third kappa shape index (κ3) is 3.50. The highest BCUT2D eigenvalue weighted by Gasteiger charge is 2.24. The molecule has 0 spiro atoms. The predicted octanol–water partition coefficient (Wildman–Crippen LogP) is 0.928. The van der Waals surface area contributed by atoms with Gasteiger partial charge in [-0.25, -0.2) is 0 Å². The Labute approximate surface area is 133 Å². The van der Waals surface area contributed by atoms with Gasteiger partial charge in [0, 0.05) is 43.8 Å². The number of thioether (sulfide) groups is 1. The molecule has 0 aromatic carbocycles. The Hall–Kier alpha value is -1.80. The fourth-order valence-corrected chi connectivity index (χ4v) is 3.47. The van der Waals surface area contributed by atoms with Crippen LogP contribution in [0.3, 0.4) is 0 Å². The van der Waals surface area contributed by atoms with E-state index in [1.807, 2.05) is 17.8 Å². The van der Waals surface area contributed by atoms with Crippen LogP contribution < -0.4 is 5.32 Å². The first-order chi connectivity index (χ1) is 10.7. The average molecular weight is 321 g/mol. The van der Waals surface area contributed by atoms with Crippen molar-refractivity contribution < 1.29 is 9.21 Å². The number of rotatable bonds is 5. The number of amides is 1. The van der Waals surface area contributed by atoms with Crippen LogP contribution in [0, 0.1) is 0 Å². The summed E-state index contributed by atoms with van der Waals surface area (Å²) in [5, 5.41) is 10.6. The lowest BCUT2D eigenvalue weighted by atomic mass is 10.1. The Morgan fingerprint density at radius 2 is 2.32 bits per heavy atom. The number of hydrogen-bond acceptors (Lipinski definition) is 6. The van der Waals surface area contributed by atoms with Gasteiger partial charge in [-0.05, 0) is 6.07 Å². The molecule has 1 aliphatic heterocycles. The van der Waals surface area contributed by atoms with Crippen molar-refractivity contribution in [2.45, 2.75) is 6.04 Å². The van der Waals surface area contributed by atoms with Crippen molar-refractivity contribution >= 4 is 17.7 Å². The lowest BCUT2D eigenvalue weighted by Gasteiger charge is -2.33. The van der Waals surface area contributed by atoms with Gasteiger partial charge in [0.05, 0.1) is 24.8 Å². The van der Waals surface area contributed by atoms with E-state index in [1.54, 1.807) is 25.8 Å². The van der Waals surface area contributed by atoms with E-state index in [2.05, 4.69) is 20.5 Å². The molecule has 3 rings (SSSR count). The summed E-state index contributed by atoms with van der Waals surface area (Å²) in [6.45, 7) is 2.56. The fraction of sp³-hybridized carbons (Fsp3) is 0.500. The van der Waals surface area contributed by atoms with Gasteiger partial charge < -0.3 is 9.73 Å². The molecule has 1 saturated heterocycles. The van der Waals surface area contributed by atoms with Crippen molar-refractivity contribution in [2.75, 3.05) is 31.1 Å². The highest BCUT2D eigenvalue weighted by Crippen LogP contribution is 2.24. The minimum Gasteiger partial charge on any atom is -0.472 e. The van der Waals surface area contributed by atoms with E-state index in [9.17, 15) is 4.79 Å². The zero-order valence-electron chi connectivity index (χ0n) is 12.4. The number of aryl methyl sites for hydroxylation is 1. The molecule has 0 unspecified atom stereocenters. The summed E-state index contributed by atoms with van der Waals surface area (Å²) < 4.78 is 6.73. The molecular weight excluding hydrogens is 302 g/mol. The van der Waals surface area contributed by atoms with Crippen LogP contribution in [0.1, 0.15) is 22.1 Å². The molecule has 1 atom stereocenters. The number of nitrogens with one attached hydrogen (secondary N) is 1. The molecule has 2 aromatic heterocycles. The van der Waals surface area contributed by atoms with Crippen LogP contribution in [0.15, 0.2) is 29.2 Å². The number of nitrogens with zero attached hydrogens (tertiary/aromatic N) is 4. The molecule has 118 valence electrons. The van der Waals surface area contributed by atoms with Crippen molar-refractivity contribution in [2.24, 2.45) is 7.05 Å². The molecule has 7 nitrogen and oxygen atoms in total. The van der Waals surface area contributed by atoms with E-state index < -0.39 is 0 Å². The number of aromatic nitrogens is 3. The Kier molecular flexibility index (Phi) is 4.79. The zero-order chi connectivity index (χ0) is 15.4. The quantitative estimate of drug-likeness (QED) is 0.883. The first kappa shape index (κ1) is 15.1. The molecule has 3 heterocycles. The second kappa shape index (κ2) is 6.97. The van der Waals surface area contributed by atoms with Gasteiger partial charge in [0.2, 0.25) is 0 Å². The maximum Gasteiger partial charge on any atom is 0.273 e. The molecule has 0 aliphatic carbocycles. The predicted molar refractivity (Wildman–Crippen MR) is 83.7 cm³/mol. The first-order valence-electron chi connectivity index (χ1n) is 7.22. The Morgan fingerprint density at radius 3 is 2.95 bits per heavy atom. The van der Waals surface area contributed by atoms with Crippen LogP contribution in [0.25, 0.3) is 0 Å². The van der Waals surface area contributed by atoms with Crippen LogP contribution in [-0.2, 0) is 7.05 Å². The summed E-state index contributed by atoms with van der Waals surface area (Å²) in [6, 6.07) is 2.08. The van der Waals surface area contributed by atoms with Crippen molar-refractivity contribution in [1.29, 1.82) is 0 Å². The van der Waals surface area contributed by atoms with Gasteiger partial charge in [0.15, 0.2) is 5.69 Å². The van der Waals surface area contributed by atoms with Gasteiger partial charge in [-0.1, -0.05) is 5.21 Å². The molecule has 1 aliphatic rings. The smallest absolute Gasteiger partial charge is 0.273 e. The summed E-state index contributed by atoms with van der Waals surface area (Å²) in [5.74, 6) is 2.03. The highest BCUT2D eigenvalue weighted by atomic mass is 32.2. The normalized spacial score (nSPS) is 17.3. The minimum absolute atomic E-state index is 0.125. The fourth-order valence-electron chi connectivity index (χ4n) is 2.54. The Bertz CT molecular complexity index is 607. The second-order valence-electron chi connectivity index (χ2n) is 5.21. The topological polar surface area (TPSA) is 76.2 Å². The second-order valence-corrected chi connectivity index (χ2v) is 6.43. The van der Waals surface area contributed by atoms with Gasteiger partial charge in [0.1, 0.15) is 0 Å². The van der Waals surface area contributed by atoms with Gasteiger partial charge in [0.25, 0.3) is 5.91 Å². The average Bonchev–Trinajstić information content (AvgIpc) is 3.20. The molecular formula is C14H19N5O2S. The minimum atomic E-state index is -0.201. The van der Waals surface area contributed by atoms with Gasteiger partial charge in [-0.2, -0.15) is 11.8 Å². The largest absolute Gasteiger partial charge is 0.472 e. The molecule has 0 radical (unpaired) electrons. The van der Waals surface area contributed by atoms with E-state index in [-0.39, 0.29) is 11.9 Å². The SMILES string of the molecule is Cn1cc(C(=O)NC[C@@H](c2ccoc2)N2CCSCC2)nn1. The van der Waals surface area contributed by atoms with E-state index in [0.717, 1.165) is 30.2 Å². The zero-order valence-corrected chi connectivity index (χ0v) is 13.3. The molecule has 8 heteroatoms. The van der Waals surface area contributed by atoms with Crippen LogP contribution >= 0.6 is 11.8 Å². The van der Waals surface area contributed by atoms with Crippen LogP contribution in [-0.4, -0.2) is 56.9 Å². The van der Waals surface area contributed by atoms with E-state index in [4.69, 9.17) is 4.42 Å². The summed E-state index contributed by atoms with van der Waals surface area (Å²) in [5.41, 5.74) is 1.42. The van der Waals surface area contributed by atoms with E-state index in [0.29, 0.717) is 12.2 Å². The third-order valence-electron chi connectivity index (χ3n) is 3.71. The summed E-state index contributed by atoms with van der Waals surface area (Å²) in [4.78, 5) is 14.5. The number of carbonyl (C=O) groups excluding carboxylic acids is 1. The monoisotopic (exact) mass is 321 g/mol. The standard InChI is InChI=1S/C14H19N5O2S/c1-18-9-12(16-17-18)14(20)15-8-13(11-2-5-21-10-11)19-3-6-22-7-4-19/h2,5,9-10,13H,3-4,6-8H2,1H3,(H,15,20)/t13-/m0/s1. The van der Waals surface area contributed by atoms with E-state index in [1.165, 1.54) is 4.68 Å². The van der Waals surface area contributed by atoms with Crippen LogP contribution in [0.5, 0.6) is 0 Å². The summed E-state index contributed by atoms with van der Waals surface area (Å²) in [7, 11) is 1.74. The lowest BCUT2D eigenvalue weighted by molar-refractivity contribution is 0.0929. The molecule has 2 aromatic rings. The maximum atomic E-state index is 12.1. The van der Waals surface area contributed by atoms with E-state index >= 15 is 0 Å². The Balaban J connectivity index is 1.66. The van der Waals surface area contributed by atoms with Crippen molar-refractivity contribution in [3.05, 3.63) is 36.0 Å². The van der Waals surface area contributed by atoms with Crippen molar-refractivity contribution in [1.82, 2.24) is 25.2 Å². The molecule has 0 bridgehead atoms. The third-order valence-corrected chi connectivity index (χ3v) is 4.65. The number of carbonyl (C=O) groups is 1. The highest BCUT2D eigenvalue weighted by molar-refractivity contribution is 7.99. The molecule has 0 saturated carbocycles. The maximum absolute atomic E-state index is 12.1. The van der Waals surface area contributed by atoms with Gasteiger partial charge in [-0.15, -0.1) is 5.10 Å². The molecule has 1 N–H and O–H groups in total. The van der Waals surface area contributed by atoms with Crippen LogP contribution in [0.2, 0.25) is 0 Å². The van der Waals surface area contributed by atoms with Gasteiger partial charge >= 0.3 is 0 Å².